The van der Waals surface area contributed by atoms with Gasteiger partial charge in [0.15, 0.2) is 11.7 Å². The average molecular weight is 392 g/mol. The van der Waals surface area contributed by atoms with E-state index >= 15 is 0 Å². The van der Waals surface area contributed by atoms with Crippen LogP contribution in [0.15, 0.2) is 65.2 Å². The molecule has 0 fully saturated rings. The summed E-state index contributed by atoms with van der Waals surface area (Å²) in [5.41, 5.74) is 3.41. The molecule has 0 radical (unpaired) electrons. The summed E-state index contributed by atoms with van der Waals surface area (Å²) in [6.45, 7) is 7.80. The number of rotatable bonds is 10. The fourth-order valence-corrected chi connectivity index (χ4v) is 3.24. The number of nitrogens with zero attached hydrogens (tertiary/aromatic N) is 2. The molecule has 1 aromatic heterocycles. The van der Waals surface area contributed by atoms with Gasteiger partial charge in [0.05, 0.1) is 6.20 Å². The molecule has 152 valence electrons. The number of oxazole rings is 1. The number of nitrogens with one attached hydrogen (secondary N) is 1. The lowest BCUT2D eigenvalue weighted by atomic mass is 10.1. The zero-order valence-corrected chi connectivity index (χ0v) is 17.2. The smallest absolute Gasteiger partial charge is 0.220 e. The van der Waals surface area contributed by atoms with E-state index in [0.717, 1.165) is 36.5 Å². The zero-order chi connectivity index (χ0) is 20.5. The Kier molecular flexibility index (Phi) is 7.59. The maximum Gasteiger partial charge on any atom is 0.220 e. The second-order valence-electron chi connectivity index (χ2n) is 6.99. The van der Waals surface area contributed by atoms with Crippen LogP contribution in [-0.2, 0) is 24.3 Å². The van der Waals surface area contributed by atoms with Gasteiger partial charge in [-0.1, -0.05) is 68.4 Å². The minimum Gasteiger partial charge on any atom is -0.441 e. The van der Waals surface area contributed by atoms with Gasteiger partial charge in [-0.2, -0.15) is 0 Å². The largest absolute Gasteiger partial charge is 0.441 e. The minimum atomic E-state index is 0.00195. The van der Waals surface area contributed by atoms with Crippen molar-refractivity contribution in [2.75, 3.05) is 13.1 Å². The van der Waals surface area contributed by atoms with Gasteiger partial charge in [-0.25, -0.2) is 4.98 Å². The van der Waals surface area contributed by atoms with Crippen LogP contribution < -0.4 is 5.32 Å². The highest BCUT2D eigenvalue weighted by Gasteiger charge is 2.10. The van der Waals surface area contributed by atoms with Crippen molar-refractivity contribution in [1.82, 2.24) is 15.2 Å². The molecule has 2 aromatic carbocycles. The minimum absolute atomic E-state index is 0.00195. The topological polar surface area (TPSA) is 58.4 Å². The number of carbonyl (C=O) groups is 1. The normalized spacial score (nSPS) is 11.0. The Hall–Kier alpha value is -2.92. The Morgan fingerprint density at radius 3 is 2.41 bits per heavy atom. The molecule has 1 heterocycles. The third-order valence-electron chi connectivity index (χ3n) is 5.06. The lowest BCUT2D eigenvalue weighted by molar-refractivity contribution is -0.121. The number of amides is 1. The van der Waals surface area contributed by atoms with E-state index in [1.807, 2.05) is 36.4 Å². The SMILES string of the molecule is CCN(CC)Cc1ccccc1CNC(=O)CCc1ncc(-c2ccccc2)o1. The Morgan fingerprint density at radius 1 is 1.00 bits per heavy atom. The van der Waals surface area contributed by atoms with Crippen LogP contribution in [0, 0.1) is 0 Å². The maximum atomic E-state index is 12.3. The van der Waals surface area contributed by atoms with E-state index in [2.05, 4.69) is 47.2 Å². The predicted molar refractivity (Wildman–Crippen MR) is 115 cm³/mol. The third-order valence-corrected chi connectivity index (χ3v) is 5.06. The van der Waals surface area contributed by atoms with E-state index in [0.29, 0.717) is 25.3 Å². The number of hydrogen-bond donors (Lipinski definition) is 1. The quantitative estimate of drug-likeness (QED) is 0.555. The van der Waals surface area contributed by atoms with Crippen LogP contribution in [-0.4, -0.2) is 28.9 Å². The summed E-state index contributed by atoms with van der Waals surface area (Å²) in [7, 11) is 0. The number of aromatic nitrogens is 1. The molecular weight excluding hydrogens is 362 g/mol. The van der Waals surface area contributed by atoms with Gasteiger partial charge in [-0.05, 0) is 24.2 Å². The number of hydrogen-bond acceptors (Lipinski definition) is 4. The van der Waals surface area contributed by atoms with Gasteiger partial charge in [-0.3, -0.25) is 9.69 Å². The van der Waals surface area contributed by atoms with Crippen LogP contribution in [0.4, 0.5) is 0 Å². The van der Waals surface area contributed by atoms with Gasteiger partial charge in [0.2, 0.25) is 5.91 Å². The molecule has 0 atom stereocenters. The third kappa shape index (κ3) is 6.03. The van der Waals surface area contributed by atoms with Crippen LogP contribution in [0.3, 0.4) is 0 Å². The molecule has 1 N–H and O–H groups in total. The Bertz CT molecular complexity index is 901. The molecule has 0 unspecified atom stereocenters. The molecule has 5 nitrogen and oxygen atoms in total. The lowest BCUT2D eigenvalue weighted by Gasteiger charge is -2.20. The van der Waals surface area contributed by atoms with Crippen molar-refractivity contribution < 1.29 is 9.21 Å². The second kappa shape index (κ2) is 10.6. The zero-order valence-electron chi connectivity index (χ0n) is 17.2. The molecule has 0 spiro atoms. The second-order valence-corrected chi connectivity index (χ2v) is 6.99. The molecule has 3 aromatic rings. The first-order valence-corrected chi connectivity index (χ1v) is 10.3. The molecule has 0 saturated carbocycles. The van der Waals surface area contributed by atoms with Crippen molar-refractivity contribution in [3.63, 3.8) is 0 Å². The van der Waals surface area contributed by atoms with Crippen LogP contribution in [0.5, 0.6) is 0 Å². The Morgan fingerprint density at radius 2 is 1.69 bits per heavy atom. The summed E-state index contributed by atoms with van der Waals surface area (Å²) in [5, 5.41) is 3.03. The molecule has 0 saturated heterocycles. The van der Waals surface area contributed by atoms with E-state index in [9.17, 15) is 4.79 Å². The molecule has 3 rings (SSSR count). The van der Waals surface area contributed by atoms with E-state index in [4.69, 9.17) is 4.42 Å². The van der Waals surface area contributed by atoms with Gasteiger partial charge in [-0.15, -0.1) is 0 Å². The molecular formula is C24H29N3O2. The lowest BCUT2D eigenvalue weighted by Crippen LogP contribution is -2.26. The van der Waals surface area contributed by atoms with Crippen molar-refractivity contribution in [2.24, 2.45) is 0 Å². The molecule has 0 aliphatic rings. The van der Waals surface area contributed by atoms with Crippen molar-refractivity contribution in [3.05, 3.63) is 77.8 Å². The van der Waals surface area contributed by atoms with E-state index in [1.165, 1.54) is 5.56 Å². The maximum absolute atomic E-state index is 12.3. The van der Waals surface area contributed by atoms with Gasteiger partial charge in [0.1, 0.15) is 0 Å². The molecule has 1 amide bonds. The van der Waals surface area contributed by atoms with Gasteiger partial charge in [0.25, 0.3) is 0 Å². The van der Waals surface area contributed by atoms with Gasteiger partial charge < -0.3 is 9.73 Å². The van der Waals surface area contributed by atoms with E-state index in [1.54, 1.807) is 6.20 Å². The highest BCUT2D eigenvalue weighted by atomic mass is 16.4. The highest BCUT2D eigenvalue weighted by molar-refractivity contribution is 5.76. The van der Waals surface area contributed by atoms with Crippen molar-refractivity contribution in [3.8, 4) is 11.3 Å². The fraction of sp³-hybridized carbons (Fsp3) is 0.333. The van der Waals surface area contributed by atoms with Crippen LogP contribution >= 0.6 is 0 Å². The molecule has 29 heavy (non-hydrogen) atoms. The summed E-state index contributed by atoms with van der Waals surface area (Å²) in [5.74, 6) is 1.31. The summed E-state index contributed by atoms with van der Waals surface area (Å²) in [6, 6.07) is 18.1. The summed E-state index contributed by atoms with van der Waals surface area (Å²) >= 11 is 0. The van der Waals surface area contributed by atoms with Gasteiger partial charge in [0, 0.05) is 31.5 Å². The summed E-state index contributed by atoms with van der Waals surface area (Å²) < 4.78 is 5.77. The molecule has 5 heteroatoms. The number of benzene rings is 2. The van der Waals surface area contributed by atoms with Gasteiger partial charge >= 0.3 is 0 Å². The fourth-order valence-electron chi connectivity index (χ4n) is 3.24. The Balaban J connectivity index is 1.50. The van der Waals surface area contributed by atoms with Crippen molar-refractivity contribution in [2.45, 2.75) is 39.8 Å². The average Bonchev–Trinajstić information content (AvgIpc) is 3.25. The standard InChI is InChI=1S/C24H29N3O2/c1-3-27(4-2)18-21-13-9-8-12-20(21)16-25-23(28)14-15-24-26-17-22(29-24)19-10-6-5-7-11-19/h5-13,17H,3-4,14-16,18H2,1-2H3,(H,25,28). The van der Waals surface area contributed by atoms with Crippen molar-refractivity contribution >= 4 is 5.91 Å². The first-order chi connectivity index (χ1) is 14.2. The van der Waals surface area contributed by atoms with Crippen LogP contribution in [0.2, 0.25) is 0 Å². The summed E-state index contributed by atoms with van der Waals surface area (Å²) in [6.07, 6.45) is 2.55. The van der Waals surface area contributed by atoms with Crippen molar-refractivity contribution in [1.29, 1.82) is 0 Å². The molecule has 0 aliphatic heterocycles. The monoisotopic (exact) mass is 391 g/mol. The number of aryl methyl sites for hydroxylation is 1. The van der Waals surface area contributed by atoms with E-state index < -0.39 is 0 Å². The van der Waals surface area contributed by atoms with Crippen LogP contribution in [0.1, 0.15) is 37.3 Å². The van der Waals surface area contributed by atoms with Crippen LogP contribution in [0.25, 0.3) is 11.3 Å². The Labute approximate surface area is 172 Å². The molecule has 0 aliphatic carbocycles. The highest BCUT2D eigenvalue weighted by Crippen LogP contribution is 2.20. The number of carbonyl (C=O) groups excluding carboxylic acids is 1. The first kappa shape index (κ1) is 20.8. The predicted octanol–water partition coefficient (Wildman–Crippen LogP) is 4.43. The first-order valence-electron chi connectivity index (χ1n) is 10.3. The van der Waals surface area contributed by atoms with E-state index in [-0.39, 0.29) is 5.91 Å². The molecule has 0 bridgehead atoms. The summed E-state index contributed by atoms with van der Waals surface area (Å²) in [4.78, 5) is 19.0.